The molecule has 0 N–H and O–H groups in total. The van der Waals surface area contributed by atoms with E-state index in [4.69, 9.17) is 4.74 Å². The van der Waals surface area contributed by atoms with Gasteiger partial charge >= 0.3 is 0 Å². The number of ether oxygens (including phenoxy) is 1. The van der Waals surface area contributed by atoms with E-state index in [9.17, 15) is 0 Å². The molecule has 0 unspecified atom stereocenters. The second-order valence-corrected chi connectivity index (χ2v) is 3.59. The number of fused-ring (bicyclic) bond motifs is 1. The summed E-state index contributed by atoms with van der Waals surface area (Å²) in [6, 6.07) is 8.77. The first-order valence-electron chi connectivity index (χ1n) is 5.11. The minimum Gasteiger partial charge on any atom is -0.381 e. The molecule has 1 aromatic carbocycles. The minimum absolute atomic E-state index is 0.925. The van der Waals surface area contributed by atoms with Crippen molar-refractivity contribution in [3.8, 4) is 0 Å². The molecule has 0 fully saturated rings. The molecular formula is C12H16O. The predicted molar refractivity (Wildman–Crippen MR) is 53.9 cm³/mol. The Morgan fingerprint density at radius 3 is 1.92 bits per heavy atom. The molecule has 1 aliphatic heterocycles. The molecule has 0 aromatic heterocycles. The molecule has 1 heterocycles. The van der Waals surface area contributed by atoms with Gasteiger partial charge in [0.2, 0.25) is 0 Å². The van der Waals surface area contributed by atoms with Crippen molar-refractivity contribution < 1.29 is 4.74 Å². The van der Waals surface area contributed by atoms with E-state index in [0.29, 0.717) is 0 Å². The van der Waals surface area contributed by atoms with Gasteiger partial charge in [0.15, 0.2) is 0 Å². The monoisotopic (exact) mass is 176 g/mol. The van der Waals surface area contributed by atoms with Gasteiger partial charge in [0, 0.05) is 13.2 Å². The third-order valence-corrected chi connectivity index (χ3v) is 2.59. The largest absolute Gasteiger partial charge is 0.381 e. The Kier molecular flexibility index (Phi) is 2.98. The van der Waals surface area contributed by atoms with Crippen LogP contribution in [0.1, 0.15) is 24.0 Å². The fraction of sp³-hybridized carbons (Fsp3) is 0.500. The quantitative estimate of drug-likeness (QED) is 0.590. The maximum atomic E-state index is 5.49. The highest BCUT2D eigenvalue weighted by atomic mass is 16.5. The van der Waals surface area contributed by atoms with Gasteiger partial charge in [-0.3, -0.25) is 0 Å². The van der Waals surface area contributed by atoms with Crippen molar-refractivity contribution in [3.63, 3.8) is 0 Å². The molecule has 1 nitrogen and oxygen atoms in total. The summed E-state index contributed by atoms with van der Waals surface area (Å²) in [6.45, 7) is 1.85. The number of rotatable bonds is 0. The van der Waals surface area contributed by atoms with Crippen LogP contribution in [0.15, 0.2) is 24.3 Å². The highest BCUT2D eigenvalue weighted by Crippen LogP contribution is 2.14. The van der Waals surface area contributed by atoms with Gasteiger partial charge in [-0.05, 0) is 36.8 Å². The Morgan fingerprint density at radius 2 is 1.38 bits per heavy atom. The van der Waals surface area contributed by atoms with E-state index >= 15 is 0 Å². The Morgan fingerprint density at radius 1 is 0.846 bits per heavy atom. The van der Waals surface area contributed by atoms with Gasteiger partial charge in [0.05, 0.1) is 0 Å². The number of benzene rings is 1. The molecule has 0 atom stereocenters. The first-order valence-corrected chi connectivity index (χ1v) is 5.11. The highest BCUT2D eigenvalue weighted by molar-refractivity contribution is 5.27. The summed E-state index contributed by atoms with van der Waals surface area (Å²) < 4.78 is 5.49. The lowest BCUT2D eigenvalue weighted by Gasteiger charge is -2.05. The molecule has 1 aliphatic rings. The second kappa shape index (κ2) is 4.43. The normalized spacial score (nSPS) is 18.2. The molecule has 0 spiro atoms. The lowest BCUT2D eigenvalue weighted by atomic mass is 10.00. The number of hydrogen-bond donors (Lipinski definition) is 0. The highest BCUT2D eigenvalue weighted by Gasteiger charge is 2.04. The van der Waals surface area contributed by atoms with Gasteiger partial charge in [0.25, 0.3) is 0 Å². The maximum Gasteiger partial charge on any atom is 0.0469 e. The van der Waals surface area contributed by atoms with E-state index in [1.807, 2.05) is 0 Å². The molecule has 0 radical (unpaired) electrons. The van der Waals surface area contributed by atoms with E-state index < -0.39 is 0 Å². The zero-order chi connectivity index (χ0) is 8.93. The van der Waals surface area contributed by atoms with Gasteiger partial charge in [-0.15, -0.1) is 0 Å². The van der Waals surface area contributed by atoms with Crippen LogP contribution >= 0.6 is 0 Å². The first-order chi connectivity index (χ1) is 6.47. The van der Waals surface area contributed by atoms with Crippen molar-refractivity contribution in [2.45, 2.75) is 25.7 Å². The smallest absolute Gasteiger partial charge is 0.0469 e. The van der Waals surface area contributed by atoms with E-state index in [1.54, 1.807) is 0 Å². The molecule has 0 aliphatic carbocycles. The minimum atomic E-state index is 0.925. The summed E-state index contributed by atoms with van der Waals surface area (Å²) in [5.74, 6) is 0. The van der Waals surface area contributed by atoms with Crippen LogP contribution in [-0.2, 0) is 17.6 Å². The van der Waals surface area contributed by atoms with E-state index in [0.717, 1.165) is 26.1 Å². The van der Waals surface area contributed by atoms with Gasteiger partial charge in [-0.25, -0.2) is 0 Å². The molecular weight excluding hydrogens is 160 g/mol. The summed E-state index contributed by atoms with van der Waals surface area (Å²) in [7, 11) is 0. The van der Waals surface area contributed by atoms with Crippen LogP contribution in [0.5, 0.6) is 0 Å². The predicted octanol–water partition coefficient (Wildman–Crippen LogP) is 2.58. The Balaban J connectivity index is 2.17. The number of aryl methyl sites for hydroxylation is 2. The van der Waals surface area contributed by atoms with Gasteiger partial charge in [0.1, 0.15) is 0 Å². The van der Waals surface area contributed by atoms with Crippen LogP contribution in [0.4, 0.5) is 0 Å². The third kappa shape index (κ3) is 2.31. The fourth-order valence-corrected chi connectivity index (χ4v) is 1.88. The Bertz CT molecular complexity index is 241. The molecule has 13 heavy (non-hydrogen) atoms. The summed E-state index contributed by atoms with van der Waals surface area (Å²) in [5.41, 5.74) is 3.04. The molecule has 0 bridgehead atoms. The SMILES string of the molecule is c1ccc2c(c1)CCCOCCC2. The zero-order valence-corrected chi connectivity index (χ0v) is 7.96. The molecule has 70 valence electrons. The average Bonchev–Trinajstić information content (AvgIpc) is 2.28. The Hall–Kier alpha value is -0.820. The average molecular weight is 176 g/mol. The van der Waals surface area contributed by atoms with E-state index in [-0.39, 0.29) is 0 Å². The van der Waals surface area contributed by atoms with Crippen molar-refractivity contribution in [3.05, 3.63) is 35.4 Å². The molecule has 2 rings (SSSR count). The molecule has 1 heteroatoms. The topological polar surface area (TPSA) is 9.23 Å². The van der Waals surface area contributed by atoms with Crippen molar-refractivity contribution in [2.75, 3.05) is 13.2 Å². The number of hydrogen-bond acceptors (Lipinski definition) is 1. The van der Waals surface area contributed by atoms with Crippen LogP contribution in [0, 0.1) is 0 Å². The van der Waals surface area contributed by atoms with Gasteiger partial charge in [-0.2, -0.15) is 0 Å². The lowest BCUT2D eigenvalue weighted by Crippen LogP contribution is -1.96. The van der Waals surface area contributed by atoms with E-state index in [1.165, 1.54) is 24.0 Å². The first kappa shape index (κ1) is 8.76. The molecule has 0 saturated carbocycles. The van der Waals surface area contributed by atoms with Crippen molar-refractivity contribution >= 4 is 0 Å². The zero-order valence-electron chi connectivity index (χ0n) is 7.96. The standard InChI is InChI=1S/C12H16O/c1-2-6-12-8-4-10-13-9-3-7-11(12)5-1/h1-2,5-6H,3-4,7-10H2. The van der Waals surface area contributed by atoms with Gasteiger partial charge < -0.3 is 4.74 Å². The fourth-order valence-electron chi connectivity index (χ4n) is 1.88. The molecule has 1 aromatic rings. The van der Waals surface area contributed by atoms with Gasteiger partial charge in [-0.1, -0.05) is 24.3 Å². The summed E-state index contributed by atoms with van der Waals surface area (Å²) in [5, 5.41) is 0. The Labute approximate surface area is 79.7 Å². The summed E-state index contributed by atoms with van der Waals surface area (Å²) in [6.07, 6.45) is 4.68. The molecule has 0 amide bonds. The second-order valence-electron chi connectivity index (χ2n) is 3.59. The summed E-state index contributed by atoms with van der Waals surface area (Å²) in [4.78, 5) is 0. The van der Waals surface area contributed by atoms with Crippen LogP contribution < -0.4 is 0 Å². The molecule has 0 saturated heterocycles. The third-order valence-electron chi connectivity index (χ3n) is 2.59. The van der Waals surface area contributed by atoms with Crippen molar-refractivity contribution in [1.29, 1.82) is 0 Å². The lowest BCUT2D eigenvalue weighted by molar-refractivity contribution is 0.131. The van der Waals surface area contributed by atoms with Crippen LogP contribution in [0.25, 0.3) is 0 Å². The van der Waals surface area contributed by atoms with Crippen LogP contribution in [0.3, 0.4) is 0 Å². The van der Waals surface area contributed by atoms with Crippen molar-refractivity contribution in [1.82, 2.24) is 0 Å². The van der Waals surface area contributed by atoms with Crippen LogP contribution in [0.2, 0.25) is 0 Å². The summed E-state index contributed by atoms with van der Waals surface area (Å²) >= 11 is 0. The maximum absolute atomic E-state index is 5.49. The van der Waals surface area contributed by atoms with Crippen LogP contribution in [-0.4, -0.2) is 13.2 Å². The van der Waals surface area contributed by atoms with Crippen molar-refractivity contribution in [2.24, 2.45) is 0 Å². The van der Waals surface area contributed by atoms with E-state index in [2.05, 4.69) is 24.3 Å².